The van der Waals surface area contributed by atoms with Gasteiger partial charge >= 0.3 is 5.97 Å². The maximum absolute atomic E-state index is 10.7. The van der Waals surface area contributed by atoms with Crippen LogP contribution >= 0.6 is 0 Å². The summed E-state index contributed by atoms with van der Waals surface area (Å²) in [6.45, 7) is 1.55. The molecule has 1 rings (SSSR count). The maximum atomic E-state index is 10.7. The van der Waals surface area contributed by atoms with E-state index in [1.54, 1.807) is 0 Å². The minimum Gasteiger partial charge on any atom is -0.459 e. The summed E-state index contributed by atoms with van der Waals surface area (Å²) < 4.78 is 4.90. The monoisotopic (exact) mass is 144 g/mol. The molecule has 1 unspecified atom stereocenters. The molecule has 0 aromatic carbocycles. The maximum Gasteiger partial charge on any atom is 0.320 e. The Bertz CT molecular complexity index is 138. The number of rotatable bonds is 1. The van der Waals surface area contributed by atoms with E-state index < -0.39 is 0 Å². The second-order valence-electron chi connectivity index (χ2n) is 2.54. The molecule has 2 N–H and O–H groups in total. The first-order valence-electron chi connectivity index (χ1n) is 3.30. The first kappa shape index (κ1) is 7.50. The lowest BCUT2D eigenvalue weighted by molar-refractivity contribution is -0.156. The Morgan fingerprint density at radius 3 is 3.10 bits per heavy atom. The summed E-state index contributed by atoms with van der Waals surface area (Å²) in [6.07, 6.45) is -0.105. The van der Waals surface area contributed by atoms with Gasteiger partial charge in [-0.15, -0.1) is 0 Å². The van der Waals surface area contributed by atoms with Crippen molar-refractivity contribution in [1.82, 2.24) is 4.90 Å². The van der Waals surface area contributed by atoms with Gasteiger partial charge in [0.25, 0.3) is 0 Å². The van der Waals surface area contributed by atoms with Crippen molar-refractivity contribution < 1.29 is 9.53 Å². The highest BCUT2D eigenvalue weighted by atomic mass is 16.5. The number of carbonyl (C=O) groups excluding carboxylic acids is 1. The molecular formula is C6H12N2O2. The zero-order valence-corrected chi connectivity index (χ0v) is 6.04. The SMILES string of the molecule is CN1CC(=O)OC(CN)C1. The van der Waals surface area contributed by atoms with Crippen LogP contribution in [0.1, 0.15) is 0 Å². The molecule has 0 amide bonds. The van der Waals surface area contributed by atoms with E-state index in [1.807, 2.05) is 11.9 Å². The van der Waals surface area contributed by atoms with Crippen LogP contribution in [0.2, 0.25) is 0 Å². The summed E-state index contributed by atoms with van der Waals surface area (Å²) in [7, 11) is 1.88. The highest BCUT2D eigenvalue weighted by Gasteiger charge is 2.22. The quantitative estimate of drug-likeness (QED) is 0.470. The van der Waals surface area contributed by atoms with Crippen LogP contribution < -0.4 is 5.73 Å². The van der Waals surface area contributed by atoms with E-state index in [9.17, 15) is 4.79 Å². The van der Waals surface area contributed by atoms with Crippen LogP contribution in [0.5, 0.6) is 0 Å². The molecule has 0 aromatic heterocycles. The Balaban J connectivity index is 2.42. The number of nitrogens with two attached hydrogens (primary N) is 1. The first-order chi connectivity index (χ1) is 4.72. The average molecular weight is 144 g/mol. The molecule has 0 aliphatic carbocycles. The summed E-state index contributed by atoms with van der Waals surface area (Å²) in [4.78, 5) is 12.6. The van der Waals surface area contributed by atoms with Crippen molar-refractivity contribution in [1.29, 1.82) is 0 Å². The summed E-state index contributed by atoms with van der Waals surface area (Å²) >= 11 is 0. The van der Waals surface area contributed by atoms with Gasteiger partial charge in [-0.05, 0) is 7.05 Å². The number of cyclic esters (lactones) is 1. The van der Waals surface area contributed by atoms with Crippen molar-refractivity contribution in [2.75, 3.05) is 26.7 Å². The number of carbonyl (C=O) groups is 1. The van der Waals surface area contributed by atoms with Gasteiger partial charge in [0.2, 0.25) is 0 Å². The zero-order valence-electron chi connectivity index (χ0n) is 6.04. The van der Waals surface area contributed by atoms with Crippen molar-refractivity contribution >= 4 is 5.97 Å². The van der Waals surface area contributed by atoms with Crippen LogP contribution in [0, 0.1) is 0 Å². The summed E-state index contributed by atoms with van der Waals surface area (Å²) in [5, 5.41) is 0. The highest BCUT2D eigenvalue weighted by molar-refractivity contribution is 5.72. The van der Waals surface area contributed by atoms with E-state index in [2.05, 4.69) is 0 Å². The Labute approximate surface area is 59.9 Å². The first-order valence-corrected chi connectivity index (χ1v) is 3.30. The molecule has 0 saturated carbocycles. The zero-order chi connectivity index (χ0) is 7.56. The molecule has 1 atom stereocenters. The van der Waals surface area contributed by atoms with Gasteiger partial charge in [0.05, 0.1) is 6.54 Å². The largest absolute Gasteiger partial charge is 0.459 e. The Morgan fingerprint density at radius 2 is 2.60 bits per heavy atom. The van der Waals surface area contributed by atoms with E-state index in [-0.39, 0.29) is 12.1 Å². The molecular weight excluding hydrogens is 132 g/mol. The van der Waals surface area contributed by atoms with Gasteiger partial charge in [0.1, 0.15) is 6.10 Å². The topological polar surface area (TPSA) is 55.6 Å². The molecule has 1 heterocycles. The molecule has 4 heteroatoms. The number of hydrogen-bond donors (Lipinski definition) is 1. The highest BCUT2D eigenvalue weighted by Crippen LogP contribution is 2.01. The van der Waals surface area contributed by atoms with Gasteiger partial charge in [-0.25, -0.2) is 0 Å². The number of esters is 1. The molecule has 58 valence electrons. The lowest BCUT2D eigenvalue weighted by Gasteiger charge is -2.28. The van der Waals surface area contributed by atoms with Crippen LogP contribution in [-0.2, 0) is 9.53 Å². The predicted molar refractivity (Wildman–Crippen MR) is 36.4 cm³/mol. The Morgan fingerprint density at radius 1 is 1.90 bits per heavy atom. The van der Waals surface area contributed by atoms with E-state index in [4.69, 9.17) is 10.5 Å². The fourth-order valence-corrected chi connectivity index (χ4v) is 1.02. The van der Waals surface area contributed by atoms with Crippen molar-refractivity contribution in [2.24, 2.45) is 5.73 Å². The van der Waals surface area contributed by atoms with Gasteiger partial charge in [0.15, 0.2) is 0 Å². The van der Waals surface area contributed by atoms with Crippen LogP contribution in [0.15, 0.2) is 0 Å². The fourth-order valence-electron chi connectivity index (χ4n) is 1.02. The van der Waals surface area contributed by atoms with Crippen molar-refractivity contribution in [3.8, 4) is 0 Å². The fraction of sp³-hybridized carbons (Fsp3) is 0.833. The molecule has 0 radical (unpaired) electrons. The minimum atomic E-state index is -0.177. The minimum absolute atomic E-state index is 0.105. The van der Waals surface area contributed by atoms with Crippen molar-refractivity contribution in [2.45, 2.75) is 6.10 Å². The third-order valence-corrected chi connectivity index (χ3v) is 1.48. The van der Waals surface area contributed by atoms with Gasteiger partial charge < -0.3 is 10.5 Å². The van der Waals surface area contributed by atoms with E-state index in [0.29, 0.717) is 13.1 Å². The van der Waals surface area contributed by atoms with Crippen LogP contribution in [0.25, 0.3) is 0 Å². The van der Waals surface area contributed by atoms with E-state index in [0.717, 1.165) is 6.54 Å². The smallest absolute Gasteiger partial charge is 0.320 e. The molecule has 10 heavy (non-hydrogen) atoms. The molecule has 1 aliphatic rings. The van der Waals surface area contributed by atoms with Crippen LogP contribution in [0.3, 0.4) is 0 Å². The Hall–Kier alpha value is -0.610. The number of morpholine rings is 1. The Kier molecular flexibility index (Phi) is 2.24. The van der Waals surface area contributed by atoms with Crippen LogP contribution in [-0.4, -0.2) is 43.7 Å². The lowest BCUT2D eigenvalue weighted by atomic mass is 10.3. The molecule has 1 fully saturated rings. The molecule has 0 spiro atoms. The van der Waals surface area contributed by atoms with Crippen LogP contribution in [0.4, 0.5) is 0 Å². The molecule has 1 saturated heterocycles. The van der Waals surface area contributed by atoms with E-state index in [1.165, 1.54) is 0 Å². The third-order valence-electron chi connectivity index (χ3n) is 1.48. The predicted octanol–water partition coefficient (Wildman–Crippen LogP) is -1.20. The normalized spacial score (nSPS) is 28.2. The molecule has 0 bridgehead atoms. The average Bonchev–Trinajstić information content (AvgIpc) is 1.85. The third kappa shape index (κ3) is 1.68. The molecule has 1 aliphatic heterocycles. The summed E-state index contributed by atoms with van der Waals surface area (Å²) in [6, 6.07) is 0. The number of nitrogens with zero attached hydrogens (tertiary/aromatic N) is 1. The number of hydrogen-bond acceptors (Lipinski definition) is 4. The molecule has 4 nitrogen and oxygen atoms in total. The lowest BCUT2D eigenvalue weighted by Crippen LogP contribution is -2.46. The van der Waals surface area contributed by atoms with Crippen molar-refractivity contribution in [3.63, 3.8) is 0 Å². The second-order valence-corrected chi connectivity index (χ2v) is 2.54. The molecule has 0 aromatic rings. The standard InChI is InChI=1S/C6H12N2O2/c1-8-3-5(2-7)10-6(9)4-8/h5H,2-4,7H2,1H3. The van der Waals surface area contributed by atoms with Gasteiger partial charge in [-0.1, -0.05) is 0 Å². The van der Waals surface area contributed by atoms with Gasteiger partial charge in [0, 0.05) is 13.1 Å². The second kappa shape index (κ2) is 2.98. The summed E-state index contributed by atoms with van der Waals surface area (Å²) in [5.74, 6) is -0.177. The van der Waals surface area contributed by atoms with Gasteiger partial charge in [-0.3, -0.25) is 9.69 Å². The van der Waals surface area contributed by atoms with E-state index >= 15 is 0 Å². The number of ether oxygens (including phenoxy) is 1. The van der Waals surface area contributed by atoms with Gasteiger partial charge in [-0.2, -0.15) is 0 Å². The van der Waals surface area contributed by atoms with Crippen molar-refractivity contribution in [3.05, 3.63) is 0 Å². The summed E-state index contributed by atoms with van der Waals surface area (Å²) in [5.41, 5.74) is 5.32. The number of likely N-dealkylation sites (N-methyl/N-ethyl adjacent to an activating group) is 1.